The van der Waals surface area contributed by atoms with E-state index in [0.29, 0.717) is 21.8 Å². The van der Waals surface area contributed by atoms with Gasteiger partial charge in [0.1, 0.15) is 10.6 Å². The van der Waals surface area contributed by atoms with Gasteiger partial charge in [-0.25, -0.2) is 4.79 Å². The number of methoxy groups -OCH3 is 1. The number of thiophene rings is 1. The monoisotopic (exact) mass is 330 g/mol. The third-order valence-electron chi connectivity index (χ3n) is 3.34. The summed E-state index contributed by atoms with van der Waals surface area (Å²) in [6.45, 7) is 1.96. The van der Waals surface area contributed by atoms with Gasteiger partial charge in [0.25, 0.3) is 0 Å². The Hall–Kier alpha value is -2.67. The highest BCUT2D eigenvalue weighted by Crippen LogP contribution is 2.24. The maximum Gasteiger partial charge on any atom is 0.350 e. The summed E-state index contributed by atoms with van der Waals surface area (Å²) in [4.78, 5) is 24.2. The van der Waals surface area contributed by atoms with E-state index in [2.05, 4.69) is 15.2 Å². The predicted molar refractivity (Wildman–Crippen MR) is 86.7 cm³/mol. The van der Waals surface area contributed by atoms with Crippen molar-refractivity contribution in [1.29, 1.82) is 0 Å². The molecule has 0 aliphatic carbocycles. The number of rotatable bonds is 4. The van der Waals surface area contributed by atoms with Gasteiger partial charge in [-0.05, 0) is 30.5 Å². The molecule has 3 aromatic rings. The highest BCUT2D eigenvalue weighted by atomic mass is 32.1. The molecular weight excluding hydrogens is 316 g/mol. The highest BCUT2D eigenvalue weighted by molar-refractivity contribution is 7.12. The molecule has 0 spiro atoms. The van der Waals surface area contributed by atoms with Crippen molar-refractivity contribution in [2.75, 3.05) is 12.4 Å². The Morgan fingerprint density at radius 2 is 2.17 bits per heavy atom. The number of hydrogen-bond acceptors (Lipinski definition) is 6. The van der Waals surface area contributed by atoms with Crippen LogP contribution < -0.4 is 5.32 Å². The molecule has 7 heteroatoms. The molecule has 6 nitrogen and oxygen atoms in total. The normalized spacial score (nSPS) is 10.7. The zero-order valence-electron chi connectivity index (χ0n) is 12.6. The van der Waals surface area contributed by atoms with E-state index in [4.69, 9.17) is 4.52 Å². The molecule has 2 aromatic heterocycles. The fourth-order valence-electron chi connectivity index (χ4n) is 2.23. The lowest BCUT2D eigenvalue weighted by atomic mass is 10.1. The summed E-state index contributed by atoms with van der Waals surface area (Å²) in [5, 5.41) is 9.20. The van der Waals surface area contributed by atoms with Crippen molar-refractivity contribution in [2.24, 2.45) is 0 Å². The van der Waals surface area contributed by atoms with Crippen LogP contribution >= 0.6 is 11.3 Å². The average Bonchev–Trinajstić information content (AvgIpc) is 3.14. The molecule has 1 N–H and O–H groups in total. The first-order valence-corrected chi connectivity index (χ1v) is 7.77. The van der Waals surface area contributed by atoms with E-state index in [-0.39, 0.29) is 12.3 Å². The van der Waals surface area contributed by atoms with Crippen LogP contribution in [0.15, 0.2) is 34.2 Å². The van der Waals surface area contributed by atoms with Crippen LogP contribution in [0.25, 0.3) is 11.0 Å². The number of esters is 1. The van der Waals surface area contributed by atoms with E-state index < -0.39 is 5.97 Å². The van der Waals surface area contributed by atoms with Gasteiger partial charge >= 0.3 is 5.97 Å². The van der Waals surface area contributed by atoms with Gasteiger partial charge in [0, 0.05) is 5.39 Å². The molecule has 0 atom stereocenters. The first-order chi connectivity index (χ1) is 11.1. The number of anilines is 1. The molecule has 1 aromatic carbocycles. The van der Waals surface area contributed by atoms with Crippen molar-refractivity contribution in [1.82, 2.24) is 5.16 Å². The number of aromatic nitrogens is 1. The van der Waals surface area contributed by atoms with Gasteiger partial charge in [-0.15, -0.1) is 11.3 Å². The Bertz CT molecular complexity index is 881. The molecule has 0 unspecified atom stereocenters. The van der Waals surface area contributed by atoms with Crippen molar-refractivity contribution >= 4 is 39.9 Å². The lowest BCUT2D eigenvalue weighted by molar-refractivity contribution is -0.115. The van der Waals surface area contributed by atoms with E-state index in [1.807, 2.05) is 25.1 Å². The second kappa shape index (κ2) is 6.21. The standard InChI is InChI=1S/C16H14N2O4S/c1-9-3-4-13-10(7-9)12(18-22-13)8-14(19)17-11-5-6-23-15(11)16(20)21-2/h3-7H,8H2,1-2H3,(H,17,19). The van der Waals surface area contributed by atoms with Gasteiger partial charge in [-0.3, -0.25) is 4.79 Å². The summed E-state index contributed by atoms with van der Waals surface area (Å²) in [6.07, 6.45) is 0.0624. The summed E-state index contributed by atoms with van der Waals surface area (Å²) in [5.74, 6) is -0.747. The van der Waals surface area contributed by atoms with E-state index in [9.17, 15) is 9.59 Å². The molecule has 118 valence electrons. The van der Waals surface area contributed by atoms with E-state index in [1.165, 1.54) is 18.4 Å². The van der Waals surface area contributed by atoms with Crippen LogP contribution in [-0.4, -0.2) is 24.1 Å². The Morgan fingerprint density at radius 3 is 2.96 bits per heavy atom. The van der Waals surface area contributed by atoms with E-state index in [0.717, 1.165) is 10.9 Å². The lowest BCUT2D eigenvalue weighted by Gasteiger charge is -2.04. The van der Waals surface area contributed by atoms with E-state index >= 15 is 0 Å². The Labute approximate surface area is 136 Å². The van der Waals surface area contributed by atoms with Gasteiger partial charge in [0.15, 0.2) is 5.58 Å². The summed E-state index contributed by atoms with van der Waals surface area (Å²) in [7, 11) is 1.30. The smallest absolute Gasteiger partial charge is 0.350 e. The van der Waals surface area contributed by atoms with Gasteiger partial charge in [0.2, 0.25) is 5.91 Å². The van der Waals surface area contributed by atoms with Gasteiger partial charge in [0.05, 0.1) is 19.2 Å². The third-order valence-corrected chi connectivity index (χ3v) is 4.23. The van der Waals surface area contributed by atoms with Crippen LogP contribution in [0.5, 0.6) is 0 Å². The fourth-order valence-corrected chi connectivity index (χ4v) is 3.00. The van der Waals surface area contributed by atoms with Crippen LogP contribution in [0.4, 0.5) is 5.69 Å². The Balaban J connectivity index is 1.78. The largest absolute Gasteiger partial charge is 0.465 e. The Morgan fingerprint density at radius 1 is 1.35 bits per heavy atom. The molecule has 23 heavy (non-hydrogen) atoms. The highest BCUT2D eigenvalue weighted by Gasteiger charge is 2.17. The molecule has 0 saturated heterocycles. The molecule has 0 aliphatic heterocycles. The van der Waals surface area contributed by atoms with E-state index in [1.54, 1.807) is 11.4 Å². The van der Waals surface area contributed by atoms with Gasteiger partial charge in [-0.1, -0.05) is 16.8 Å². The summed E-state index contributed by atoms with van der Waals surface area (Å²) in [5.41, 5.74) is 2.71. The van der Waals surface area contributed by atoms with Crippen molar-refractivity contribution in [2.45, 2.75) is 13.3 Å². The molecule has 0 saturated carbocycles. The van der Waals surface area contributed by atoms with Gasteiger partial charge < -0.3 is 14.6 Å². The topological polar surface area (TPSA) is 81.4 Å². The SMILES string of the molecule is COC(=O)c1sccc1NC(=O)Cc1noc2ccc(C)cc12. The summed E-state index contributed by atoms with van der Waals surface area (Å²) < 4.78 is 9.90. The lowest BCUT2D eigenvalue weighted by Crippen LogP contribution is -2.16. The maximum atomic E-state index is 12.2. The molecule has 1 amide bonds. The molecule has 3 rings (SSSR count). The average molecular weight is 330 g/mol. The molecule has 0 radical (unpaired) electrons. The fraction of sp³-hybridized carbons (Fsp3) is 0.188. The molecular formula is C16H14N2O4S. The van der Waals surface area contributed by atoms with Gasteiger partial charge in [-0.2, -0.15) is 0 Å². The first kappa shape index (κ1) is 15.2. The number of fused-ring (bicyclic) bond motifs is 1. The van der Waals surface area contributed by atoms with Crippen LogP contribution in [0.3, 0.4) is 0 Å². The first-order valence-electron chi connectivity index (χ1n) is 6.89. The second-order valence-corrected chi connectivity index (χ2v) is 5.92. The quantitative estimate of drug-likeness (QED) is 0.743. The van der Waals surface area contributed by atoms with Crippen LogP contribution in [0, 0.1) is 6.92 Å². The predicted octanol–water partition coefficient (Wildman–Crippen LogP) is 3.17. The number of carbonyl (C=O) groups excluding carboxylic acids is 2. The molecule has 0 aliphatic rings. The van der Waals surface area contributed by atoms with Crippen molar-refractivity contribution < 1.29 is 18.8 Å². The second-order valence-electron chi connectivity index (χ2n) is 5.01. The minimum Gasteiger partial charge on any atom is -0.465 e. The minimum absolute atomic E-state index is 0.0624. The number of hydrogen-bond donors (Lipinski definition) is 1. The number of nitrogens with one attached hydrogen (secondary N) is 1. The van der Waals surface area contributed by atoms with Crippen molar-refractivity contribution in [3.8, 4) is 0 Å². The van der Waals surface area contributed by atoms with Crippen molar-refractivity contribution in [3.63, 3.8) is 0 Å². The van der Waals surface area contributed by atoms with Crippen LogP contribution in [0.2, 0.25) is 0 Å². The maximum absolute atomic E-state index is 12.2. The molecule has 0 bridgehead atoms. The number of ether oxygens (including phenoxy) is 1. The zero-order valence-corrected chi connectivity index (χ0v) is 13.4. The van der Waals surface area contributed by atoms with Crippen LogP contribution in [-0.2, 0) is 16.0 Å². The molecule has 0 fully saturated rings. The number of aryl methyl sites for hydroxylation is 1. The zero-order chi connectivity index (χ0) is 16.4. The number of amides is 1. The number of carbonyl (C=O) groups is 2. The summed E-state index contributed by atoms with van der Waals surface area (Å²) in [6, 6.07) is 7.34. The van der Waals surface area contributed by atoms with Crippen LogP contribution in [0.1, 0.15) is 20.9 Å². The Kier molecular flexibility index (Phi) is 4.12. The summed E-state index contributed by atoms with van der Waals surface area (Å²) >= 11 is 1.21. The molecule has 2 heterocycles. The number of benzene rings is 1. The minimum atomic E-state index is -0.474. The number of nitrogens with zero attached hydrogens (tertiary/aromatic N) is 1. The third kappa shape index (κ3) is 3.09. The van der Waals surface area contributed by atoms with Crippen molar-refractivity contribution in [3.05, 3.63) is 45.8 Å².